The lowest BCUT2D eigenvalue weighted by atomic mass is 10.1. The van der Waals surface area contributed by atoms with Crippen molar-refractivity contribution >= 4 is 34.1 Å². The normalized spacial score (nSPS) is 10.2. The number of methoxy groups -OCH3 is 2. The Hall–Kier alpha value is -3.07. The molecule has 9 heteroatoms. The maximum Gasteiger partial charge on any atom is 0.341 e. The van der Waals surface area contributed by atoms with Gasteiger partial charge in [-0.1, -0.05) is 6.07 Å². The van der Waals surface area contributed by atoms with Gasteiger partial charge in [0.1, 0.15) is 5.00 Å². The molecule has 29 heavy (non-hydrogen) atoms. The van der Waals surface area contributed by atoms with Gasteiger partial charge < -0.3 is 24.8 Å². The number of benzene rings is 1. The van der Waals surface area contributed by atoms with E-state index in [1.165, 1.54) is 25.4 Å². The summed E-state index contributed by atoms with van der Waals surface area (Å²) in [6.07, 6.45) is 0. The highest BCUT2D eigenvalue weighted by molar-refractivity contribution is 7.16. The first kappa shape index (κ1) is 22.2. The number of aryl methyl sites for hydroxylation is 1. The van der Waals surface area contributed by atoms with Gasteiger partial charge in [-0.15, -0.1) is 11.3 Å². The lowest BCUT2D eigenvalue weighted by molar-refractivity contribution is -0.124. The van der Waals surface area contributed by atoms with Crippen molar-refractivity contribution in [2.75, 3.05) is 26.1 Å². The summed E-state index contributed by atoms with van der Waals surface area (Å²) in [6.45, 7) is 4.79. The molecule has 0 aliphatic carbocycles. The van der Waals surface area contributed by atoms with Gasteiger partial charge in [-0.25, -0.2) is 4.79 Å². The van der Waals surface area contributed by atoms with Gasteiger partial charge in [0.05, 0.1) is 19.8 Å². The molecule has 156 valence electrons. The average molecular weight is 420 g/mol. The van der Waals surface area contributed by atoms with Gasteiger partial charge in [0, 0.05) is 18.3 Å². The number of thiophene rings is 1. The van der Waals surface area contributed by atoms with E-state index in [1.54, 1.807) is 32.2 Å². The first-order chi connectivity index (χ1) is 13.8. The van der Waals surface area contributed by atoms with E-state index in [0.717, 1.165) is 16.0 Å². The van der Waals surface area contributed by atoms with Gasteiger partial charge in [-0.05, 0) is 37.1 Å². The summed E-state index contributed by atoms with van der Waals surface area (Å²) in [5, 5.41) is 5.73. The van der Waals surface area contributed by atoms with E-state index in [4.69, 9.17) is 14.2 Å². The number of hydrogen-bond acceptors (Lipinski definition) is 7. The van der Waals surface area contributed by atoms with Crippen LogP contribution in [0.3, 0.4) is 0 Å². The van der Waals surface area contributed by atoms with Crippen molar-refractivity contribution in [3.8, 4) is 11.5 Å². The molecule has 0 fully saturated rings. The van der Waals surface area contributed by atoms with Crippen LogP contribution in [0.1, 0.15) is 33.3 Å². The van der Waals surface area contributed by atoms with E-state index < -0.39 is 18.5 Å². The molecule has 0 atom stereocenters. The second-order valence-corrected chi connectivity index (χ2v) is 7.44. The highest BCUT2D eigenvalue weighted by Crippen LogP contribution is 2.33. The zero-order valence-corrected chi connectivity index (χ0v) is 17.8. The number of anilines is 1. The first-order valence-corrected chi connectivity index (χ1v) is 9.60. The number of hydrogen-bond donors (Lipinski definition) is 2. The highest BCUT2D eigenvalue weighted by atomic mass is 32.1. The second kappa shape index (κ2) is 9.92. The molecular weight excluding hydrogens is 396 g/mol. The third-order valence-corrected chi connectivity index (χ3v) is 5.27. The van der Waals surface area contributed by atoms with Crippen LogP contribution in [0.5, 0.6) is 11.5 Å². The van der Waals surface area contributed by atoms with Crippen molar-refractivity contribution in [2.24, 2.45) is 0 Å². The van der Waals surface area contributed by atoms with Crippen molar-refractivity contribution < 1.29 is 28.6 Å². The van der Waals surface area contributed by atoms with Gasteiger partial charge >= 0.3 is 5.97 Å². The summed E-state index contributed by atoms with van der Waals surface area (Å²) >= 11 is 1.29. The fourth-order valence-electron chi connectivity index (χ4n) is 2.57. The minimum Gasteiger partial charge on any atom is -0.493 e. The monoisotopic (exact) mass is 420 g/mol. The third kappa shape index (κ3) is 5.71. The van der Waals surface area contributed by atoms with Crippen molar-refractivity contribution in [1.82, 2.24) is 5.32 Å². The van der Waals surface area contributed by atoms with Gasteiger partial charge in [0.2, 0.25) is 5.91 Å². The Kier molecular flexibility index (Phi) is 7.60. The second-order valence-electron chi connectivity index (χ2n) is 6.21. The predicted octanol–water partition coefficient (Wildman–Crippen LogP) is 2.81. The van der Waals surface area contributed by atoms with E-state index in [9.17, 15) is 14.4 Å². The molecule has 2 N–H and O–H groups in total. The molecule has 0 unspecified atom stereocenters. The smallest absolute Gasteiger partial charge is 0.341 e. The molecule has 0 spiro atoms. The molecule has 0 aliphatic heterocycles. The Labute approximate surface area is 173 Å². The van der Waals surface area contributed by atoms with Crippen LogP contribution in [-0.4, -0.2) is 38.6 Å². The third-order valence-electron chi connectivity index (χ3n) is 4.15. The van der Waals surface area contributed by atoms with E-state index in [2.05, 4.69) is 10.6 Å². The molecule has 0 saturated carbocycles. The lowest BCUT2D eigenvalue weighted by Crippen LogP contribution is -2.28. The number of rotatable bonds is 8. The number of nitrogens with one attached hydrogen (secondary N) is 2. The summed E-state index contributed by atoms with van der Waals surface area (Å²) in [5.41, 5.74) is 1.80. The van der Waals surface area contributed by atoms with Gasteiger partial charge in [-0.2, -0.15) is 0 Å². The van der Waals surface area contributed by atoms with Crippen molar-refractivity contribution in [3.63, 3.8) is 0 Å². The first-order valence-electron chi connectivity index (χ1n) is 8.79. The molecule has 2 rings (SSSR count). The summed E-state index contributed by atoms with van der Waals surface area (Å²) in [7, 11) is 3.07. The van der Waals surface area contributed by atoms with Crippen LogP contribution >= 0.6 is 11.3 Å². The number of amides is 2. The molecule has 2 amide bonds. The molecular formula is C20H24N2O6S. The van der Waals surface area contributed by atoms with E-state index in [1.807, 2.05) is 6.92 Å². The predicted molar refractivity (Wildman–Crippen MR) is 110 cm³/mol. The van der Waals surface area contributed by atoms with Crippen LogP contribution in [0.25, 0.3) is 0 Å². The molecule has 0 bridgehead atoms. The van der Waals surface area contributed by atoms with E-state index >= 15 is 0 Å². The number of esters is 1. The quantitative estimate of drug-likeness (QED) is 0.637. The highest BCUT2D eigenvalue weighted by Gasteiger charge is 2.22. The van der Waals surface area contributed by atoms with E-state index in [-0.39, 0.29) is 18.0 Å². The largest absolute Gasteiger partial charge is 0.493 e. The molecule has 1 aromatic carbocycles. The fraction of sp³-hybridized carbons (Fsp3) is 0.350. The Bertz CT molecular complexity index is 922. The van der Waals surface area contributed by atoms with E-state index in [0.29, 0.717) is 16.5 Å². The number of carbonyl (C=O) groups is 3. The average Bonchev–Trinajstić information content (AvgIpc) is 2.96. The van der Waals surface area contributed by atoms with Crippen molar-refractivity contribution in [1.29, 1.82) is 0 Å². The zero-order valence-electron chi connectivity index (χ0n) is 17.0. The Morgan fingerprint density at radius 1 is 1.07 bits per heavy atom. The minimum atomic E-state index is -0.656. The lowest BCUT2D eigenvalue weighted by Gasteiger charge is -2.11. The fourth-order valence-corrected chi connectivity index (χ4v) is 3.66. The number of ether oxygens (including phenoxy) is 3. The summed E-state index contributed by atoms with van der Waals surface area (Å²) in [4.78, 5) is 36.7. The SMILES string of the molecule is COc1ccc(CNC(=O)COC(=O)c2c(NC(C)=O)sc(C)c2C)cc1OC. The van der Waals surface area contributed by atoms with Crippen LogP contribution in [0, 0.1) is 13.8 Å². The Balaban J connectivity index is 1.94. The molecule has 2 aromatic rings. The standard InChI is InChI=1S/C20H24N2O6S/c1-11-12(2)29-19(22-13(3)23)18(11)20(25)28-10-17(24)21-9-14-6-7-15(26-4)16(8-14)27-5/h6-8H,9-10H2,1-5H3,(H,21,24)(H,22,23). The van der Waals surface area contributed by atoms with Crippen molar-refractivity contribution in [2.45, 2.75) is 27.3 Å². The topological polar surface area (TPSA) is 103 Å². The minimum absolute atomic E-state index is 0.241. The molecule has 8 nitrogen and oxygen atoms in total. The maximum absolute atomic E-state index is 12.4. The summed E-state index contributed by atoms with van der Waals surface area (Å²) < 4.78 is 15.5. The van der Waals surface area contributed by atoms with Crippen LogP contribution in [0.2, 0.25) is 0 Å². The van der Waals surface area contributed by atoms with Gasteiger partial charge in [0.15, 0.2) is 18.1 Å². The summed E-state index contributed by atoms with van der Waals surface area (Å²) in [6, 6.07) is 5.29. The maximum atomic E-state index is 12.4. The van der Waals surface area contributed by atoms with Gasteiger partial charge in [-0.3, -0.25) is 9.59 Å². The summed E-state index contributed by atoms with van der Waals surface area (Å²) in [5.74, 6) is -0.240. The van der Waals surface area contributed by atoms with Crippen LogP contribution in [0.4, 0.5) is 5.00 Å². The number of carbonyl (C=O) groups excluding carboxylic acids is 3. The Morgan fingerprint density at radius 2 is 1.76 bits per heavy atom. The molecule has 1 heterocycles. The zero-order chi connectivity index (χ0) is 21.6. The van der Waals surface area contributed by atoms with Crippen LogP contribution in [0.15, 0.2) is 18.2 Å². The molecule has 0 radical (unpaired) electrons. The van der Waals surface area contributed by atoms with Crippen molar-refractivity contribution in [3.05, 3.63) is 39.8 Å². The Morgan fingerprint density at radius 3 is 2.38 bits per heavy atom. The van der Waals surface area contributed by atoms with Gasteiger partial charge in [0.25, 0.3) is 5.91 Å². The molecule has 1 aromatic heterocycles. The van der Waals surface area contributed by atoms with Crippen LogP contribution in [-0.2, 0) is 20.9 Å². The molecule has 0 aliphatic rings. The molecule has 0 saturated heterocycles. The van der Waals surface area contributed by atoms with Crippen LogP contribution < -0.4 is 20.1 Å².